The summed E-state index contributed by atoms with van der Waals surface area (Å²) in [6.45, 7) is 4.57. The molecule has 25 heavy (non-hydrogen) atoms. The van der Waals surface area contributed by atoms with Crippen LogP contribution in [0.25, 0.3) is 0 Å². The second kappa shape index (κ2) is 11.7. The summed E-state index contributed by atoms with van der Waals surface area (Å²) in [4.78, 5) is 0. The van der Waals surface area contributed by atoms with Crippen LogP contribution in [0.2, 0.25) is 0 Å². The zero-order valence-corrected chi connectivity index (χ0v) is 17.4. The first-order valence-corrected chi connectivity index (χ1v) is 11.7. The van der Waals surface area contributed by atoms with Gasteiger partial charge in [0, 0.05) is 0 Å². The highest BCUT2D eigenvalue weighted by Gasteiger charge is 2.34. The van der Waals surface area contributed by atoms with E-state index in [0.717, 1.165) is 0 Å². The maximum absolute atomic E-state index is 2.31. The predicted molar refractivity (Wildman–Crippen MR) is 118 cm³/mol. The Bertz CT molecular complexity index is 512. The van der Waals surface area contributed by atoms with Crippen molar-refractivity contribution in [2.45, 2.75) is 56.5 Å². The number of benzene rings is 2. The second-order valence-corrected chi connectivity index (χ2v) is 9.34. The van der Waals surface area contributed by atoms with E-state index in [0.29, 0.717) is 0 Å². The van der Waals surface area contributed by atoms with Crippen LogP contribution < -0.4 is 0 Å². The molecule has 0 saturated carbocycles. The highest BCUT2D eigenvalue weighted by Crippen LogP contribution is 2.52. The van der Waals surface area contributed by atoms with Gasteiger partial charge < -0.3 is 0 Å². The Morgan fingerprint density at radius 1 is 0.600 bits per heavy atom. The molecular formula is C23H32S2. The van der Waals surface area contributed by atoms with Crippen molar-refractivity contribution < 1.29 is 0 Å². The lowest BCUT2D eigenvalue weighted by Crippen LogP contribution is -2.21. The summed E-state index contributed by atoms with van der Waals surface area (Å²) in [5, 5.41) is 0. The molecule has 0 spiro atoms. The molecule has 0 N–H and O–H groups in total. The summed E-state index contributed by atoms with van der Waals surface area (Å²) >= 11 is 4.27. The van der Waals surface area contributed by atoms with Crippen molar-refractivity contribution in [3.05, 3.63) is 71.8 Å². The van der Waals surface area contributed by atoms with Gasteiger partial charge >= 0.3 is 0 Å². The highest BCUT2D eigenvalue weighted by atomic mass is 32.2. The number of thioether (sulfide) groups is 2. The third-order valence-electron chi connectivity index (χ3n) is 4.41. The molecular weight excluding hydrogens is 340 g/mol. The minimum absolute atomic E-state index is 0.0179. The van der Waals surface area contributed by atoms with Crippen molar-refractivity contribution in [2.24, 2.45) is 0 Å². The van der Waals surface area contributed by atoms with Gasteiger partial charge in [-0.3, -0.25) is 0 Å². The van der Waals surface area contributed by atoms with Crippen LogP contribution >= 0.6 is 23.5 Å². The summed E-state index contributed by atoms with van der Waals surface area (Å²) in [7, 11) is 0. The molecule has 0 atom stereocenters. The molecule has 0 aliphatic heterocycles. The van der Waals surface area contributed by atoms with Gasteiger partial charge in [-0.05, 0) is 35.5 Å². The lowest BCUT2D eigenvalue weighted by molar-refractivity contribution is 0.774. The lowest BCUT2D eigenvalue weighted by Gasteiger charge is -2.34. The van der Waals surface area contributed by atoms with Crippen LogP contribution in [0.5, 0.6) is 0 Å². The number of rotatable bonds is 12. The maximum Gasteiger partial charge on any atom is 0.111 e. The van der Waals surface area contributed by atoms with Gasteiger partial charge in [0.2, 0.25) is 0 Å². The zero-order chi connectivity index (χ0) is 17.8. The van der Waals surface area contributed by atoms with Gasteiger partial charge in [-0.1, -0.05) is 100 Å². The Morgan fingerprint density at radius 2 is 1.00 bits per heavy atom. The Hall–Kier alpha value is -0.860. The monoisotopic (exact) mass is 372 g/mol. The minimum atomic E-state index is 0.0179. The van der Waals surface area contributed by atoms with Gasteiger partial charge in [0.1, 0.15) is 4.08 Å². The standard InChI is InChI=1S/C23H32S2/c1-3-5-13-19-24-23(25-20-14-6-4-2,21-15-9-7-10-16-21)22-17-11-8-12-18-22/h7-12,15-18H,3-6,13-14,19-20H2,1-2H3. The van der Waals surface area contributed by atoms with Crippen LogP contribution in [-0.4, -0.2) is 11.5 Å². The fraction of sp³-hybridized carbons (Fsp3) is 0.478. The van der Waals surface area contributed by atoms with Crippen molar-refractivity contribution in [3.8, 4) is 0 Å². The Balaban J connectivity index is 2.30. The van der Waals surface area contributed by atoms with Crippen molar-refractivity contribution >= 4 is 23.5 Å². The van der Waals surface area contributed by atoms with Crippen LogP contribution in [0.15, 0.2) is 60.7 Å². The van der Waals surface area contributed by atoms with Gasteiger partial charge in [-0.15, -0.1) is 23.5 Å². The molecule has 0 fully saturated rings. The third kappa shape index (κ3) is 6.11. The third-order valence-corrected chi connectivity index (χ3v) is 7.86. The first-order valence-electron chi connectivity index (χ1n) is 9.72. The molecule has 2 heteroatoms. The van der Waals surface area contributed by atoms with E-state index in [2.05, 4.69) is 98.0 Å². The van der Waals surface area contributed by atoms with Gasteiger partial charge in [0.05, 0.1) is 0 Å². The molecule has 0 aliphatic carbocycles. The molecule has 0 nitrogen and oxygen atoms in total. The van der Waals surface area contributed by atoms with E-state index in [4.69, 9.17) is 0 Å². The molecule has 0 saturated heterocycles. The zero-order valence-electron chi connectivity index (χ0n) is 15.7. The van der Waals surface area contributed by atoms with E-state index < -0.39 is 0 Å². The minimum Gasteiger partial charge on any atom is -0.135 e. The first kappa shape index (κ1) is 20.5. The van der Waals surface area contributed by atoms with E-state index in [1.54, 1.807) is 0 Å². The molecule has 136 valence electrons. The Labute approximate surface area is 163 Å². The average molecular weight is 373 g/mol. The molecule has 0 aliphatic rings. The summed E-state index contributed by atoms with van der Waals surface area (Å²) in [5.74, 6) is 2.44. The number of hydrogen-bond donors (Lipinski definition) is 0. The number of hydrogen-bond acceptors (Lipinski definition) is 2. The van der Waals surface area contributed by atoms with E-state index >= 15 is 0 Å². The average Bonchev–Trinajstić information content (AvgIpc) is 2.68. The fourth-order valence-corrected chi connectivity index (χ4v) is 6.31. The largest absolute Gasteiger partial charge is 0.135 e. The highest BCUT2D eigenvalue weighted by molar-refractivity contribution is 8.17. The molecule has 2 rings (SSSR count). The van der Waals surface area contributed by atoms with Gasteiger partial charge in [-0.25, -0.2) is 0 Å². The van der Waals surface area contributed by atoms with E-state index in [1.807, 2.05) is 0 Å². The molecule has 2 aromatic rings. The van der Waals surface area contributed by atoms with Crippen LogP contribution in [0.3, 0.4) is 0 Å². The van der Waals surface area contributed by atoms with Gasteiger partial charge in [0.25, 0.3) is 0 Å². The fourth-order valence-electron chi connectivity index (χ4n) is 2.99. The van der Waals surface area contributed by atoms with Crippen molar-refractivity contribution in [1.29, 1.82) is 0 Å². The van der Waals surface area contributed by atoms with Crippen LogP contribution in [0, 0.1) is 0 Å². The molecule has 0 unspecified atom stereocenters. The van der Waals surface area contributed by atoms with Gasteiger partial charge in [-0.2, -0.15) is 0 Å². The number of unbranched alkanes of at least 4 members (excludes halogenated alkanes) is 4. The molecule has 0 bridgehead atoms. The quantitative estimate of drug-likeness (QED) is 0.276. The lowest BCUT2D eigenvalue weighted by atomic mass is 10.0. The second-order valence-electron chi connectivity index (χ2n) is 6.46. The molecule has 0 radical (unpaired) electrons. The van der Waals surface area contributed by atoms with Crippen LogP contribution in [-0.2, 0) is 4.08 Å². The van der Waals surface area contributed by atoms with Crippen LogP contribution in [0.4, 0.5) is 0 Å². The smallest absolute Gasteiger partial charge is 0.111 e. The summed E-state index contributed by atoms with van der Waals surface area (Å²) in [6, 6.07) is 22.3. The summed E-state index contributed by atoms with van der Waals surface area (Å²) < 4.78 is 0.0179. The Morgan fingerprint density at radius 3 is 1.36 bits per heavy atom. The normalized spacial score (nSPS) is 11.6. The summed E-state index contributed by atoms with van der Waals surface area (Å²) in [5.41, 5.74) is 2.87. The van der Waals surface area contributed by atoms with Crippen molar-refractivity contribution in [2.75, 3.05) is 11.5 Å². The molecule has 0 amide bonds. The van der Waals surface area contributed by atoms with E-state index in [-0.39, 0.29) is 4.08 Å². The molecule has 0 heterocycles. The topological polar surface area (TPSA) is 0 Å². The molecule has 2 aromatic carbocycles. The van der Waals surface area contributed by atoms with Gasteiger partial charge in [0.15, 0.2) is 0 Å². The SMILES string of the molecule is CCCCCSC(SCCCCC)(c1ccccc1)c1ccccc1. The van der Waals surface area contributed by atoms with E-state index in [1.165, 1.54) is 61.2 Å². The van der Waals surface area contributed by atoms with Crippen molar-refractivity contribution in [1.82, 2.24) is 0 Å². The summed E-state index contributed by atoms with van der Waals surface area (Å²) in [6.07, 6.45) is 7.83. The van der Waals surface area contributed by atoms with E-state index in [9.17, 15) is 0 Å². The maximum atomic E-state index is 2.31. The van der Waals surface area contributed by atoms with Crippen molar-refractivity contribution in [3.63, 3.8) is 0 Å². The Kier molecular flexibility index (Phi) is 9.57. The molecule has 0 aromatic heterocycles. The first-order chi connectivity index (χ1) is 12.3. The van der Waals surface area contributed by atoms with Crippen LogP contribution in [0.1, 0.15) is 63.5 Å². The predicted octanol–water partition coefficient (Wildman–Crippen LogP) is 7.73.